The molecule has 0 fully saturated rings. The van der Waals surface area contributed by atoms with E-state index in [2.05, 4.69) is 5.32 Å². The number of aliphatic carboxylic acids is 1. The normalized spacial score (nSPS) is 24.5. The fraction of sp³-hybridized carbons (Fsp3) is 0.444. The van der Waals surface area contributed by atoms with Gasteiger partial charge in [0.05, 0.1) is 12.2 Å². The lowest BCUT2D eigenvalue weighted by Gasteiger charge is -2.34. The molecule has 1 aromatic rings. The van der Waals surface area contributed by atoms with Crippen LogP contribution in [0.15, 0.2) is 30.4 Å². The topological polar surface area (TPSA) is 75.6 Å². The van der Waals surface area contributed by atoms with E-state index in [1.807, 2.05) is 25.1 Å². The van der Waals surface area contributed by atoms with Crippen LogP contribution in [0.4, 0.5) is 5.69 Å². The number of allylic oxidation sites excluding steroid dienone is 2. The molecule has 0 radical (unpaired) electrons. The highest BCUT2D eigenvalue weighted by atomic mass is 16.5. The van der Waals surface area contributed by atoms with Gasteiger partial charge in [-0.15, -0.1) is 0 Å². The fourth-order valence-corrected chi connectivity index (χ4v) is 3.36. The van der Waals surface area contributed by atoms with Crippen molar-refractivity contribution in [1.29, 1.82) is 0 Å². The summed E-state index contributed by atoms with van der Waals surface area (Å²) in [6, 6.07) is 4.72. The molecule has 5 nitrogen and oxygen atoms in total. The first kappa shape index (κ1) is 15.6. The zero-order chi connectivity index (χ0) is 16.4. The zero-order valence-electron chi connectivity index (χ0n) is 13.1. The zero-order valence-corrected chi connectivity index (χ0v) is 13.1. The van der Waals surface area contributed by atoms with Gasteiger partial charge in [0.25, 0.3) is 0 Å². The van der Waals surface area contributed by atoms with Crippen molar-refractivity contribution < 1.29 is 19.4 Å². The minimum Gasteiger partial charge on any atom is -0.480 e. The number of ether oxygens (including phenoxy) is 1. The van der Waals surface area contributed by atoms with Gasteiger partial charge in [-0.05, 0) is 36.6 Å². The monoisotopic (exact) mass is 315 g/mol. The van der Waals surface area contributed by atoms with Gasteiger partial charge in [0.15, 0.2) is 0 Å². The standard InChI is InChI=1S/C18H21NO4/c1-2-3-9-23-18(22)11-7-8-15-14(10-11)12-5-4-6-13(12)16(19-15)17(20)21/h4-5,7-8,10,12-13,16,19H,2-3,6,9H2,1H3,(H,20,21)/t12-,13+,16+/m0/s1. The van der Waals surface area contributed by atoms with Crippen LogP contribution < -0.4 is 5.32 Å². The van der Waals surface area contributed by atoms with Crippen LogP contribution in [0.5, 0.6) is 0 Å². The number of nitrogens with one attached hydrogen (secondary N) is 1. The molecular formula is C18H21NO4. The molecule has 0 saturated heterocycles. The number of rotatable bonds is 5. The Morgan fingerprint density at radius 3 is 2.96 bits per heavy atom. The first-order chi connectivity index (χ1) is 11.1. The molecule has 3 atom stereocenters. The SMILES string of the molecule is CCCCOC(=O)c1ccc2c(c1)[C@H]1C=CC[C@H]1[C@H](C(=O)O)N2. The maximum Gasteiger partial charge on any atom is 0.338 e. The van der Waals surface area contributed by atoms with Crippen LogP contribution in [0.1, 0.15) is 48.0 Å². The van der Waals surface area contributed by atoms with E-state index in [1.54, 1.807) is 12.1 Å². The summed E-state index contributed by atoms with van der Waals surface area (Å²) in [5.41, 5.74) is 2.29. The number of esters is 1. The second-order valence-corrected chi connectivity index (χ2v) is 6.11. The number of carboxylic acids is 1. The lowest BCUT2D eigenvalue weighted by molar-refractivity contribution is -0.139. The van der Waals surface area contributed by atoms with Crippen LogP contribution in [0, 0.1) is 5.92 Å². The summed E-state index contributed by atoms with van der Waals surface area (Å²) in [5.74, 6) is -1.13. The van der Waals surface area contributed by atoms with Crippen LogP contribution in [0.2, 0.25) is 0 Å². The van der Waals surface area contributed by atoms with E-state index in [4.69, 9.17) is 4.74 Å². The van der Waals surface area contributed by atoms with E-state index in [1.165, 1.54) is 0 Å². The molecule has 122 valence electrons. The molecule has 1 aliphatic heterocycles. The molecule has 0 bridgehead atoms. The largest absolute Gasteiger partial charge is 0.480 e. The fourth-order valence-electron chi connectivity index (χ4n) is 3.36. The van der Waals surface area contributed by atoms with Crippen molar-refractivity contribution in [3.63, 3.8) is 0 Å². The first-order valence-corrected chi connectivity index (χ1v) is 8.09. The van der Waals surface area contributed by atoms with Crippen molar-refractivity contribution in [1.82, 2.24) is 0 Å². The number of carboxylic acid groups (broad SMARTS) is 1. The van der Waals surface area contributed by atoms with Gasteiger partial charge in [0.2, 0.25) is 0 Å². The number of fused-ring (bicyclic) bond motifs is 3. The Labute approximate surface area is 135 Å². The number of benzene rings is 1. The van der Waals surface area contributed by atoms with Gasteiger partial charge in [0.1, 0.15) is 6.04 Å². The van der Waals surface area contributed by atoms with Crippen molar-refractivity contribution in [2.24, 2.45) is 5.92 Å². The van der Waals surface area contributed by atoms with Gasteiger partial charge in [-0.3, -0.25) is 0 Å². The van der Waals surface area contributed by atoms with E-state index in [-0.39, 0.29) is 17.8 Å². The van der Waals surface area contributed by atoms with Crippen LogP contribution in [-0.4, -0.2) is 29.7 Å². The molecule has 5 heteroatoms. The summed E-state index contributed by atoms with van der Waals surface area (Å²) in [4.78, 5) is 23.6. The third-order valence-corrected chi connectivity index (χ3v) is 4.60. The molecule has 3 rings (SSSR count). The highest BCUT2D eigenvalue weighted by Gasteiger charge is 2.40. The first-order valence-electron chi connectivity index (χ1n) is 8.09. The smallest absolute Gasteiger partial charge is 0.338 e. The Bertz CT molecular complexity index is 652. The van der Waals surface area contributed by atoms with E-state index in [0.717, 1.165) is 30.5 Å². The maximum atomic E-state index is 12.1. The molecule has 0 unspecified atom stereocenters. The van der Waals surface area contributed by atoms with Crippen molar-refractivity contribution >= 4 is 17.6 Å². The average molecular weight is 315 g/mol. The third-order valence-electron chi connectivity index (χ3n) is 4.60. The highest BCUT2D eigenvalue weighted by Crippen LogP contribution is 2.44. The molecular weight excluding hydrogens is 294 g/mol. The van der Waals surface area contributed by atoms with Gasteiger partial charge in [0, 0.05) is 17.5 Å². The molecule has 1 heterocycles. The predicted molar refractivity (Wildman–Crippen MR) is 86.7 cm³/mol. The second-order valence-electron chi connectivity index (χ2n) is 6.11. The van der Waals surface area contributed by atoms with Gasteiger partial charge in [-0.25, -0.2) is 9.59 Å². The van der Waals surface area contributed by atoms with Crippen molar-refractivity contribution in [3.8, 4) is 0 Å². The predicted octanol–water partition coefficient (Wildman–Crippen LogP) is 3.18. The molecule has 1 aromatic carbocycles. The van der Waals surface area contributed by atoms with Gasteiger partial charge >= 0.3 is 11.9 Å². The van der Waals surface area contributed by atoms with Crippen molar-refractivity contribution in [2.45, 2.75) is 38.1 Å². The number of unbranched alkanes of at least 4 members (excludes halogenated alkanes) is 1. The van der Waals surface area contributed by atoms with Crippen molar-refractivity contribution in [3.05, 3.63) is 41.5 Å². The van der Waals surface area contributed by atoms with Crippen molar-refractivity contribution in [2.75, 3.05) is 11.9 Å². The van der Waals surface area contributed by atoms with E-state index < -0.39 is 12.0 Å². The summed E-state index contributed by atoms with van der Waals surface area (Å²) in [7, 11) is 0. The highest BCUT2D eigenvalue weighted by molar-refractivity contribution is 5.91. The minimum absolute atomic E-state index is 0.00800. The summed E-state index contributed by atoms with van der Waals surface area (Å²) in [6.45, 7) is 2.47. The number of carbonyl (C=O) groups excluding carboxylic acids is 1. The molecule has 0 spiro atoms. The lowest BCUT2D eigenvalue weighted by atomic mass is 9.79. The Hall–Kier alpha value is -2.30. The summed E-state index contributed by atoms with van der Waals surface area (Å²) >= 11 is 0. The molecule has 23 heavy (non-hydrogen) atoms. The maximum absolute atomic E-state index is 12.1. The third kappa shape index (κ3) is 2.96. The van der Waals surface area contributed by atoms with E-state index in [9.17, 15) is 14.7 Å². The summed E-state index contributed by atoms with van der Waals surface area (Å²) < 4.78 is 5.26. The Morgan fingerprint density at radius 2 is 2.22 bits per heavy atom. The molecule has 0 amide bonds. The second kappa shape index (κ2) is 6.44. The number of carbonyl (C=O) groups is 2. The number of anilines is 1. The molecule has 0 aromatic heterocycles. The Balaban J connectivity index is 1.85. The number of hydrogen-bond donors (Lipinski definition) is 2. The minimum atomic E-state index is -0.836. The Morgan fingerprint density at radius 1 is 1.39 bits per heavy atom. The van der Waals surface area contributed by atoms with Gasteiger partial charge in [-0.2, -0.15) is 0 Å². The quantitative estimate of drug-likeness (QED) is 0.496. The summed E-state index contributed by atoms with van der Waals surface area (Å²) in [6.07, 6.45) is 6.64. The van der Waals surface area contributed by atoms with Crippen LogP contribution >= 0.6 is 0 Å². The lowest BCUT2D eigenvalue weighted by Crippen LogP contribution is -2.41. The van der Waals surface area contributed by atoms with Crippen LogP contribution in [0.25, 0.3) is 0 Å². The number of hydrogen-bond acceptors (Lipinski definition) is 4. The molecule has 2 aliphatic rings. The van der Waals surface area contributed by atoms with E-state index >= 15 is 0 Å². The van der Waals surface area contributed by atoms with Gasteiger partial charge < -0.3 is 15.2 Å². The van der Waals surface area contributed by atoms with Crippen LogP contribution in [0.3, 0.4) is 0 Å². The Kier molecular flexibility index (Phi) is 4.37. The average Bonchev–Trinajstić information content (AvgIpc) is 3.03. The van der Waals surface area contributed by atoms with Crippen LogP contribution in [-0.2, 0) is 9.53 Å². The molecule has 0 saturated carbocycles. The molecule has 1 aliphatic carbocycles. The summed E-state index contributed by atoms with van der Waals surface area (Å²) in [5, 5.41) is 12.5. The van der Waals surface area contributed by atoms with Gasteiger partial charge in [-0.1, -0.05) is 25.5 Å². The van der Waals surface area contributed by atoms with E-state index in [0.29, 0.717) is 12.2 Å². The molecule has 2 N–H and O–H groups in total.